The maximum atomic E-state index is 13.2. The lowest BCUT2D eigenvalue weighted by molar-refractivity contribution is -0.137. The van der Waals surface area contributed by atoms with Crippen LogP contribution in [0.4, 0.5) is 0 Å². The molecule has 0 bridgehead atoms. The molecule has 6 heteroatoms. The molecule has 6 atom stereocenters. The van der Waals surface area contributed by atoms with Gasteiger partial charge >= 0.3 is 0 Å². The third kappa shape index (κ3) is 1.53. The van der Waals surface area contributed by atoms with Gasteiger partial charge in [-0.3, -0.25) is 4.79 Å². The number of aliphatic hydroxyl groups excluding tert-OH is 2. The number of epoxide rings is 1. The molecular weight excluding hydrogens is 324 g/mol. The van der Waals surface area contributed by atoms with Crippen molar-refractivity contribution in [3.63, 3.8) is 0 Å². The van der Waals surface area contributed by atoms with Crippen LogP contribution in [0.1, 0.15) is 48.2 Å². The van der Waals surface area contributed by atoms with E-state index in [4.69, 9.17) is 4.74 Å². The van der Waals surface area contributed by atoms with Crippen molar-refractivity contribution in [1.29, 1.82) is 0 Å². The Morgan fingerprint density at radius 1 is 1.24 bits per heavy atom. The molecule has 1 heterocycles. The zero-order chi connectivity index (χ0) is 17.8. The summed E-state index contributed by atoms with van der Waals surface area (Å²) in [6, 6.07) is 4.56. The number of carbonyl (C=O) groups is 1. The second-order valence-corrected chi connectivity index (χ2v) is 7.96. The Labute approximate surface area is 144 Å². The first-order valence-corrected chi connectivity index (χ1v) is 8.59. The minimum Gasteiger partial charge on any atom is -0.507 e. The molecule has 3 aliphatic carbocycles. The molecule has 1 saturated heterocycles. The molecule has 1 saturated carbocycles. The Bertz CT molecular complexity index is 846. The molecule has 2 fully saturated rings. The fraction of sp³-hybridized carbons (Fsp3) is 0.526. The normalized spacial score (nSPS) is 47.1. The average molecular weight is 344 g/mol. The van der Waals surface area contributed by atoms with E-state index in [1.807, 2.05) is 6.92 Å². The molecule has 132 valence electrons. The molecule has 1 aliphatic heterocycles. The number of aliphatic hydroxyl groups is 3. The summed E-state index contributed by atoms with van der Waals surface area (Å²) in [4.78, 5) is 13.2. The number of rotatable bonds is 0. The number of ketones is 1. The van der Waals surface area contributed by atoms with Crippen LogP contribution >= 0.6 is 0 Å². The van der Waals surface area contributed by atoms with E-state index in [0.29, 0.717) is 18.4 Å². The van der Waals surface area contributed by atoms with Crippen LogP contribution in [-0.4, -0.2) is 49.1 Å². The van der Waals surface area contributed by atoms with Gasteiger partial charge in [-0.05, 0) is 37.8 Å². The van der Waals surface area contributed by atoms with Crippen molar-refractivity contribution in [3.05, 3.63) is 41.0 Å². The summed E-state index contributed by atoms with van der Waals surface area (Å²) < 4.78 is 5.96. The zero-order valence-corrected chi connectivity index (χ0v) is 13.8. The van der Waals surface area contributed by atoms with Crippen molar-refractivity contribution in [1.82, 2.24) is 0 Å². The van der Waals surface area contributed by atoms with Crippen molar-refractivity contribution < 1.29 is 30.0 Å². The van der Waals surface area contributed by atoms with Gasteiger partial charge in [0.1, 0.15) is 17.5 Å². The van der Waals surface area contributed by atoms with Crippen LogP contribution in [0, 0.1) is 5.92 Å². The minimum atomic E-state index is -1.35. The number of carbonyl (C=O) groups excluding carboxylic acids is 1. The van der Waals surface area contributed by atoms with Gasteiger partial charge in [-0.1, -0.05) is 23.8 Å². The summed E-state index contributed by atoms with van der Waals surface area (Å²) in [5.41, 5.74) is -2.60. The van der Waals surface area contributed by atoms with E-state index < -0.39 is 34.9 Å². The lowest BCUT2D eigenvalue weighted by Gasteiger charge is -2.51. The number of aromatic hydroxyl groups is 1. The Balaban J connectivity index is 1.74. The molecule has 0 radical (unpaired) electrons. The number of Topliss-reactive ketones (excluding diaryl/α,β-unsaturated/α-hetero) is 1. The maximum Gasteiger partial charge on any atom is 0.201 e. The number of benzene rings is 1. The summed E-state index contributed by atoms with van der Waals surface area (Å²) in [5.74, 6) is -1.35. The van der Waals surface area contributed by atoms with E-state index in [-0.39, 0.29) is 23.5 Å². The first kappa shape index (κ1) is 15.5. The lowest BCUT2D eigenvalue weighted by Crippen LogP contribution is -2.63. The van der Waals surface area contributed by atoms with E-state index in [1.165, 1.54) is 6.07 Å². The predicted molar refractivity (Wildman–Crippen MR) is 86.0 cm³/mol. The van der Waals surface area contributed by atoms with Crippen LogP contribution in [0.15, 0.2) is 29.8 Å². The second-order valence-electron chi connectivity index (χ2n) is 7.96. The van der Waals surface area contributed by atoms with E-state index >= 15 is 0 Å². The Morgan fingerprint density at radius 3 is 2.76 bits per heavy atom. The Morgan fingerprint density at radius 2 is 2.00 bits per heavy atom. The molecule has 0 aromatic heterocycles. The quantitative estimate of drug-likeness (QED) is 0.412. The van der Waals surface area contributed by atoms with Crippen LogP contribution in [0.25, 0.3) is 0 Å². The van der Waals surface area contributed by atoms with Crippen molar-refractivity contribution in [3.8, 4) is 5.75 Å². The van der Waals surface area contributed by atoms with Gasteiger partial charge in [-0.2, -0.15) is 0 Å². The smallest absolute Gasteiger partial charge is 0.201 e. The summed E-state index contributed by atoms with van der Waals surface area (Å²) in [7, 11) is 0. The van der Waals surface area contributed by atoms with Crippen LogP contribution < -0.4 is 0 Å². The molecule has 4 aliphatic rings. The molecular formula is C19H20O6. The molecule has 25 heavy (non-hydrogen) atoms. The molecule has 0 spiro atoms. The number of fused-ring (bicyclic) bond motifs is 2. The average Bonchev–Trinajstić information content (AvgIpc) is 3.23. The van der Waals surface area contributed by atoms with Gasteiger partial charge < -0.3 is 25.2 Å². The van der Waals surface area contributed by atoms with Crippen LogP contribution in [0.2, 0.25) is 0 Å². The number of phenolic OH excluding ortho intramolecular Hbond substituents is 1. The number of hydrogen-bond acceptors (Lipinski definition) is 6. The minimum absolute atomic E-state index is 0.0885. The predicted octanol–water partition coefficient (Wildman–Crippen LogP) is 0.982. The Kier molecular flexibility index (Phi) is 2.68. The third-order valence-electron chi connectivity index (χ3n) is 6.63. The highest BCUT2D eigenvalue weighted by molar-refractivity contribution is 6.10. The van der Waals surface area contributed by atoms with E-state index in [0.717, 1.165) is 5.57 Å². The molecule has 6 nitrogen and oxygen atoms in total. The molecule has 4 N–H and O–H groups in total. The largest absolute Gasteiger partial charge is 0.507 e. The first-order chi connectivity index (χ1) is 11.8. The van der Waals surface area contributed by atoms with Crippen molar-refractivity contribution in [2.24, 2.45) is 5.92 Å². The fourth-order valence-electron chi connectivity index (χ4n) is 5.72. The molecule has 0 unspecified atom stereocenters. The number of ether oxygens (including phenoxy) is 1. The summed E-state index contributed by atoms with van der Waals surface area (Å²) in [5, 5.41) is 43.1. The van der Waals surface area contributed by atoms with Crippen molar-refractivity contribution in [2.45, 2.75) is 55.2 Å². The highest BCUT2D eigenvalue weighted by Gasteiger charge is 2.87. The van der Waals surface area contributed by atoms with Gasteiger partial charge in [0.15, 0.2) is 5.60 Å². The van der Waals surface area contributed by atoms with Crippen LogP contribution in [-0.2, 0) is 4.74 Å². The molecule has 1 aromatic rings. The first-order valence-electron chi connectivity index (χ1n) is 8.59. The summed E-state index contributed by atoms with van der Waals surface area (Å²) >= 11 is 0. The number of hydrogen-bond donors (Lipinski definition) is 4. The highest BCUT2D eigenvalue weighted by atomic mass is 16.7. The molecule has 1 aromatic carbocycles. The van der Waals surface area contributed by atoms with Gasteiger partial charge in [0.2, 0.25) is 5.78 Å². The number of phenols is 1. The monoisotopic (exact) mass is 344 g/mol. The molecule has 5 rings (SSSR count). The summed E-state index contributed by atoms with van der Waals surface area (Å²) in [6.07, 6.45) is 0.380. The maximum absolute atomic E-state index is 13.2. The highest BCUT2D eigenvalue weighted by Crippen LogP contribution is 2.72. The van der Waals surface area contributed by atoms with Crippen LogP contribution in [0.5, 0.6) is 5.75 Å². The summed E-state index contributed by atoms with van der Waals surface area (Å²) in [6.45, 7) is 1.85. The van der Waals surface area contributed by atoms with Gasteiger partial charge in [-0.25, -0.2) is 0 Å². The van der Waals surface area contributed by atoms with Crippen LogP contribution in [0.3, 0.4) is 0 Å². The second kappa shape index (κ2) is 4.32. The molecule has 0 amide bonds. The Hall–Kier alpha value is -1.73. The SMILES string of the molecule is CC1=C[C@@H](O)[C@H]2[C@](O)(CC[C@]34O[C@]23[C@@H](O)c2cccc(O)c2C4=O)C1. The van der Waals surface area contributed by atoms with Gasteiger partial charge in [-0.15, -0.1) is 0 Å². The zero-order valence-electron chi connectivity index (χ0n) is 13.8. The van der Waals surface area contributed by atoms with E-state index in [2.05, 4.69) is 0 Å². The van der Waals surface area contributed by atoms with Gasteiger partial charge in [0.05, 0.1) is 23.2 Å². The third-order valence-corrected chi connectivity index (χ3v) is 6.63. The lowest BCUT2D eigenvalue weighted by atomic mass is 9.53. The van der Waals surface area contributed by atoms with Crippen molar-refractivity contribution >= 4 is 5.78 Å². The van der Waals surface area contributed by atoms with Crippen molar-refractivity contribution in [2.75, 3.05) is 0 Å². The van der Waals surface area contributed by atoms with E-state index in [9.17, 15) is 25.2 Å². The standard InChI is InChI=1S/C19H20O6/c1-9-7-12(21)14-17(24,8-9)5-6-18-16(23)13-10(3-2-4-11(13)20)15(22)19(14,18)25-18/h2-4,7,12,14-15,20-22,24H,5-6,8H2,1H3/t12-,14+,15+,17+,18-,19+/m1/s1. The van der Waals surface area contributed by atoms with E-state index in [1.54, 1.807) is 18.2 Å². The van der Waals surface area contributed by atoms with Gasteiger partial charge in [0, 0.05) is 0 Å². The topological polar surface area (TPSA) is 111 Å². The van der Waals surface area contributed by atoms with Gasteiger partial charge in [0.25, 0.3) is 0 Å². The fourth-order valence-corrected chi connectivity index (χ4v) is 5.72.